The second-order valence-electron chi connectivity index (χ2n) is 7.89. The topological polar surface area (TPSA) is 68.5 Å². The van der Waals surface area contributed by atoms with Crippen LogP contribution in [0, 0.1) is 6.92 Å². The van der Waals surface area contributed by atoms with E-state index in [1.54, 1.807) is 0 Å². The minimum absolute atomic E-state index is 0.135. The maximum absolute atomic E-state index is 13.3. The van der Waals surface area contributed by atoms with Gasteiger partial charge < -0.3 is 15.4 Å². The van der Waals surface area contributed by atoms with Crippen molar-refractivity contribution in [1.82, 2.24) is 9.88 Å². The van der Waals surface area contributed by atoms with Gasteiger partial charge in [-0.25, -0.2) is 0 Å². The van der Waals surface area contributed by atoms with Crippen LogP contribution in [0.25, 0.3) is 10.9 Å². The summed E-state index contributed by atoms with van der Waals surface area (Å²) in [5.41, 5.74) is 9.51. The summed E-state index contributed by atoms with van der Waals surface area (Å²) in [6.45, 7) is 4.94. The Hall–Kier alpha value is -1.98. The number of pyridine rings is 1. The van der Waals surface area contributed by atoms with E-state index in [1.165, 1.54) is 12.8 Å². The van der Waals surface area contributed by atoms with Crippen molar-refractivity contribution >= 4 is 16.8 Å². The third-order valence-electron chi connectivity index (χ3n) is 5.64. The van der Waals surface area contributed by atoms with Crippen molar-refractivity contribution in [2.45, 2.75) is 51.0 Å². The van der Waals surface area contributed by atoms with Gasteiger partial charge in [-0.1, -0.05) is 11.6 Å². The van der Waals surface area contributed by atoms with Crippen LogP contribution >= 0.6 is 0 Å². The summed E-state index contributed by atoms with van der Waals surface area (Å²) < 4.78 is 5.87. The lowest BCUT2D eigenvalue weighted by Crippen LogP contribution is -2.41. The van der Waals surface area contributed by atoms with Crippen molar-refractivity contribution in [3.63, 3.8) is 0 Å². The number of benzene rings is 1. The van der Waals surface area contributed by atoms with E-state index >= 15 is 0 Å². The van der Waals surface area contributed by atoms with Gasteiger partial charge in [-0.3, -0.25) is 9.78 Å². The molecule has 2 N–H and O–H groups in total. The number of rotatable bonds is 6. The van der Waals surface area contributed by atoms with Gasteiger partial charge in [-0.15, -0.1) is 0 Å². The molecule has 0 radical (unpaired) electrons. The molecule has 1 aromatic carbocycles. The molecule has 0 unspecified atom stereocenters. The number of carbonyl (C=O) groups is 1. The number of likely N-dealkylation sites (tertiary alicyclic amines) is 1. The minimum Gasteiger partial charge on any atom is -0.378 e. The lowest BCUT2D eigenvalue weighted by molar-refractivity contribution is 0.00849. The number of fused-ring (bicyclic) bond motifs is 1. The average molecular weight is 367 g/mol. The zero-order chi connectivity index (χ0) is 18.8. The molecule has 5 heteroatoms. The first-order chi connectivity index (χ1) is 13.2. The van der Waals surface area contributed by atoms with Gasteiger partial charge in [0.05, 0.1) is 17.2 Å². The minimum atomic E-state index is 0.135. The first-order valence-corrected chi connectivity index (χ1v) is 10.2. The van der Waals surface area contributed by atoms with Crippen molar-refractivity contribution in [2.75, 3.05) is 26.2 Å². The summed E-state index contributed by atoms with van der Waals surface area (Å²) in [4.78, 5) is 20.1. The van der Waals surface area contributed by atoms with Gasteiger partial charge in [-0.05, 0) is 63.8 Å². The Balaban J connectivity index is 1.53. The Morgan fingerprint density at radius 2 is 2.00 bits per heavy atom. The molecule has 144 valence electrons. The molecular formula is C22H29N3O2. The summed E-state index contributed by atoms with van der Waals surface area (Å²) in [5.74, 6) is 0.666. The fourth-order valence-electron chi connectivity index (χ4n) is 3.85. The smallest absolute Gasteiger partial charge is 0.254 e. The van der Waals surface area contributed by atoms with Crippen LogP contribution in [0.1, 0.15) is 59.6 Å². The van der Waals surface area contributed by atoms with E-state index in [1.807, 2.05) is 17.0 Å². The molecule has 1 saturated carbocycles. The summed E-state index contributed by atoms with van der Waals surface area (Å²) in [7, 11) is 0. The molecular weight excluding hydrogens is 338 g/mol. The van der Waals surface area contributed by atoms with Crippen molar-refractivity contribution < 1.29 is 9.53 Å². The van der Waals surface area contributed by atoms with E-state index in [2.05, 4.69) is 19.1 Å². The molecule has 5 nitrogen and oxygen atoms in total. The van der Waals surface area contributed by atoms with Crippen molar-refractivity contribution in [3.8, 4) is 0 Å². The Kier molecular flexibility index (Phi) is 5.41. The van der Waals surface area contributed by atoms with E-state index in [0.29, 0.717) is 19.1 Å². The van der Waals surface area contributed by atoms with Gasteiger partial charge in [0.25, 0.3) is 5.91 Å². The zero-order valence-corrected chi connectivity index (χ0v) is 16.1. The van der Waals surface area contributed by atoms with Gasteiger partial charge in [-0.2, -0.15) is 0 Å². The van der Waals surface area contributed by atoms with E-state index in [4.69, 9.17) is 15.5 Å². The van der Waals surface area contributed by atoms with Crippen LogP contribution in [0.5, 0.6) is 0 Å². The highest BCUT2D eigenvalue weighted by Gasteiger charge is 2.29. The Morgan fingerprint density at radius 1 is 1.22 bits per heavy atom. The standard InChI is InChI=1S/C22H29N3O2/c1-15-3-6-20-18(13-15)19(14-21(24-20)16-4-5-16)22(26)25-10-7-17(8-11-25)27-12-2-9-23/h3,6,13-14,16-17H,2,4-5,7-12,23H2,1H3. The van der Waals surface area contributed by atoms with Gasteiger partial charge in [0.15, 0.2) is 0 Å². The lowest BCUT2D eigenvalue weighted by Gasteiger charge is -2.32. The molecule has 27 heavy (non-hydrogen) atoms. The van der Waals surface area contributed by atoms with Crippen LogP contribution in [-0.4, -0.2) is 48.1 Å². The number of ether oxygens (including phenoxy) is 1. The van der Waals surface area contributed by atoms with Crippen molar-refractivity contribution in [2.24, 2.45) is 5.73 Å². The second-order valence-corrected chi connectivity index (χ2v) is 7.89. The van der Waals surface area contributed by atoms with Crippen LogP contribution in [0.3, 0.4) is 0 Å². The third kappa shape index (κ3) is 4.14. The number of amides is 1. The molecule has 4 rings (SSSR count). The van der Waals surface area contributed by atoms with Crippen LogP contribution < -0.4 is 5.73 Å². The molecule has 1 aliphatic heterocycles. The van der Waals surface area contributed by atoms with Crippen LogP contribution in [0.2, 0.25) is 0 Å². The summed E-state index contributed by atoms with van der Waals surface area (Å²) in [6.07, 6.45) is 5.30. The first-order valence-electron chi connectivity index (χ1n) is 10.2. The monoisotopic (exact) mass is 367 g/mol. The van der Waals surface area contributed by atoms with Crippen LogP contribution in [0.15, 0.2) is 24.3 Å². The number of carbonyl (C=O) groups excluding carboxylic acids is 1. The maximum Gasteiger partial charge on any atom is 0.254 e. The van der Waals surface area contributed by atoms with Gasteiger partial charge in [0, 0.05) is 36.7 Å². The van der Waals surface area contributed by atoms with E-state index < -0.39 is 0 Å². The van der Waals surface area contributed by atoms with Crippen molar-refractivity contribution in [3.05, 3.63) is 41.1 Å². The number of nitrogens with zero attached hydrogens (tertiary/aromatic N) is 2. The quantitative estimate of drug-likeness (QED) is 0.795. The van der Waals surface area contributed by atoms with Crippen LogP contribution in [0.4, 0.5) is 0 Å². The molecule has 2 aromatic rings. The molecule has 1 saturated heterocycles. The average Bonchev–Trinajstić information content (AvgIpc) is 3.53. The van der Waals surface area contributed by atoms with E-state index in [0.717, 1.165) is 60.1 Å². The summed E-state index contributed by atoms with van der Waals surface area (Å²) in [5, 5.41) is 0.978. The van der Waals surface area contributed by atoms with E-state index in [9.17, 15) is 4.79 Å². The number of hydrogen-bond donors (Lipinski definition) is 1. The predicted octanol–water partition coefficient (Wildman–Crippen LogP) is 3.39. The first kappa shape index (κ1) is 18.4. The SMILES string of the molecule is Cc1ccc2nc(C3CC3)cc(C(=O)N3CCC(OCCCN)CC3)c2c1. The predicted molar refractivity (Wildman–Crippen MR) is 107 cm³/mol. The summed E-state index contributed by atoms with van der Waals surface area (Å²) >= 11 is 0. The van der Waals surface area contributed by atoms with Crippen LogP contribution in [-0.2, 0) is 4.74 Å². The zero-order valence-electron chi connectivity index (χ0n) is 16.1. The normalized spacial score (nSPS) is 18.2. The van der Waals surface area contributed by atoms with E-state index in [-0.39, 0.29) is 12.0 Å². The molecule has 2 aliphatic rings. The molecule has 2 fully saturated rings. The maximum atomic E-state index is 13.3. The molecule has 1 amide bonds. The number of aromatic nitrogens is 1. The molecule has 1 aromatic heterocycles. The van der Waals surface area contributed by atoms with Gasteiger partial charge in [0.1, 0.15) is 0 Å². The van der Waals surface area contributed by atoms with Gasteiger partial charge >= 0.3 is 0 Å². The fourth-order valence-corrected chi connectivity index (χ4v) is 3.85. The third-order valence-corrected chi connectivity index (χ3v) is 5.64. The van der Waals surface area contributed by atoms with Gasteiger partial charge in [0.2, 0.25) is 0 Å². The largest absolute Gasteiger partial charge is 0.378 e. The number of piperidine rings is 1. The highest BCUT2D eigenvalue weighted by atomic mass is 16.5. The highest BCUT2D eigenvalue weighted by Crippen LogP contribution is 2.40. The van der Waals surface area contributed by atoms with Crippen molar-refractivity contribution in [1.29, 1.82) is 0 Å². The molecule has 1 aliphatic carbocycles. The molecule has 2 heterocycles. The molecule has 0 atom stereocenters. The Bertz CT molecular complexity index is 824. The number of hydrogen-bond acceptors (Lipinski definition) is 4. The fraction of sp³-hybridized carbons (Fsp3) is 0.545. The summed E-state index contributed by atoms with van der Waals surface area (Å²) in [6, 6.07) is 8.26. The molecule has 0 spiro atoms. The Labute approximate surface area is 160 Å². The number of aryl methyl sites for hydroxylation is 1. The number of nitrogens with two attached hydrogens (primary N) is 1. The lowest BCUT2D eigenvalue weighted by atomic mass is 10.0. The second kappa shape index (κ2) is 7.95. The Morgan fingerprint density at radius 3 is 2.70 bits per heavy atom. The molecule has 0 bridgehead atoms. The highest BCUT2D eigenvalue weighted by molar-refractivity contribution is 6.06.